The molecule has 0 radical (unpaired) electrons. The summed E-state index contributed by atoms with van der Waals surface area (Å²) in [6.45, 7) is 8.42. The van der Waals surface area contributed by atoms with Gasteiger partial charge in [-0.1, -0.05) is 46.2 Å². The molecule has 82 valence electrons. The van der Waals surface area contributed by atoms with Crippen LogP contribution < -0.4 is 0 Å². The molecule has 1 atom stereocenters. The number of nitriles is 1. The van der Waals surface area contributed by atoms with Gasteiger partial charge in [0.15, 0.2) is 0 Å². The van der Waals surface area contributed by atoms with Crippen LogP contribution in [0.3, 0.4) is 0 Å². The minimum atomic E-state index is 0.609. The normalized spacial score (nSPS) is 10.9. The van der Waals surface area contributed by atoms with Crippen molar-refractivity contribution in [3.8, 4) is 6.07 Å². The zero-order valence-corrected chi connectivity index (χ0v) is 10.2. The van der Waals surface area contributed by atoms with Crippen molar-refractivity contribution in [2.45, 2.75) is 46.5 Å². The third-order valence-electron chi connectivity index (χ3n) is 2.33. The summed E-state index contributed by atoms with van der Waals surface area (Å²) in [7, 11) is 0. The predicted molar refractivity (Wildman–Crippen MR) is 65.8 cm³/mol. The summed E-state index contributed by atoms with van der Waals surface area (Å²) < 4.78 is 0. The number of hydrogen-bond donors (Lipinski definition) is 0. The molecule has 1 rings (SSSR count). The fourth-order valence-electron chi connectivity index (χ4n) is 1.49. The number of hydrogen-bond acceptors (Lipinski definition) is 1. The molecule has 0 amide bonds. The largest absolute Gasteiger partial charge is 0.192 e. The van der Waals surface area contributed by atoms with Crippen molar-refractivity contribution in [3.63, 3.8) is 0 Å². The van der Waals surface area contributed by atoms with Gasteiger partial charge in [-0.25, -0.2) is 0 Å². The fraction of sp³-hybridized carbons (Fsp3) is 0.500. The van der Waals surface area contributed by atoms with Gasteiger partial charge in [0.25, 0.3) is 0 Å². The van der Waals surface area contributed by atoms with Gasteiger partial charge in [-0.05, 0) is 30.0 Å². The summed E-state index contributed by atoms with van der Waals surface area (Å²) in [5.41, 5.74) is 2.08. The van der Waals surface area contributed by atoms with Gasteiger partial charge in [0.1, 0.15) is 0 Å². The molecule has 1 aromatic rings. The topological polar surface area (TPSA) is 23.8 Å². The Morgan fingerprint density at radius 3 is 2.13 bits per heavy atom. The van der Waals surface area contributed by atoms with Crippen LogP contribution in [0.2, 0.25) is 0 Å². The van der Waals surface area contributed by atoms with Crippen molar-refractivity contribution < 1.29 is 0 Å². The zero-order valence-electron chi connectivity index (χ0n) is 10.2. The molecular weight excluding hydrogens is 182 g/mol. The third-order valence-corrected chi connectivity index (χ3v) is 2.33. The Morgan fingerprint density at radius 1 is 1.20 bits per heavy atom. The molecule has 0 aliphatic heterocycles. The van der Waals surface area contributed by atoms with E-state index < -0.39 is 0 Å². The average molecular weight is 203 g/mol. The molecule has 1 heteroatoms. The van der Waals surface area contributed by atoms with Crippen LogP contribution in [0.1, 0.15) is 57.6 Å². The summed E-state index contributed by atoms with van der Waals surface area (Å²) in [4.78, 5) is 0. The van der Waals surface area contributed by atoms with Crippen LogP contribution in [0.15, 0.2) is 24.3 Å². The molecule has 1 nitrogen and oxygen atoms in total. The van der Waals surface area contributed by atoms with Crippen LogP contribution in [0.25, 0.3) is 0 Å². The predicted octanol–water partition coefficient (Wildman–Crippen LogP) is 4.49. The molecule has 1 aromatic carbocycles. The highest BCUT2D eigenvalue weighted by atomic mass is 14.2. The van der Waals surface area contributed by atoms with Crippen LogP contribution in [-0.2, 0) is 0 Å². The number of nitrogens with zero attached hydrogens (tertiary/aromatic N) is 1. The highest BCUT2D eigenvalue weighted by Gasteiger charge is 2.03. The van der Waals surface area contributed by atoms with E-state index in [1.807, 2.05) is 26.0 Å². The molecule has 0 saturated heterocycles. The van der Waals surface area contributed by atoms with Crippen LogP contribution in [0, 0.1) is 11.3 Å². The molecular formula is C14H21N. The van der Waals surface area contributed by atoms with E-state index in [0.717, 1.165) is 5.56 Å². The molecule has 1 unspecified atom stereocenters. The first-order valence-corrected chi connectivity index (χ1v) is 5.78. The Labute approximate surface area is 93.7 Å². The van der Waals surface area contributed by atoms with Crippen LogP contribution in [0.5, 0.6) is 0 Å². The van der Waals surface area contributed by atoms with Crippen molar-refractivity contribution in [2.24, 2.45) is 0 Å². The Morgan fingerprint density at radius 2 is 1.73 bits per heavy atom. The lowest BCUT2D eigenvalue weighted by Crippen LogP contribution is -1.92. The minimum Gasteiger partial charge on any atom is -0.192 e. The summed E-state index contributed by atoms with van der Waals surface area (Å²) in [6.07, 6.45) is 2.42. The van der Waals surface area contributed by atoms with Gasteiger partial charge in [0.2, 0.25) is 0 Å². The van der Waals surface area contributed by atoms with Gasteiger partial charge in [-0.2, -0.15) is 5.26 Å². The molecule has 0 aliphatic rings. The van der Waals surface area contributed by atoms with Crippen molar-refractivity contribution in [2.75, 3.05) is 0 Å². The average Bonchev–Trinajstić information content (AvgIpc) is 2.32. The van der Waals surface area contributed by atoms with Crippen molar-refractivity contribution in [3.05, 3.63) is 35.4 Å². The second-order valence-electron chi connectivity index (χ2n) is 3.42. The van der Waals surface area contributed by atoms with Crippen molar-refractivity contribution in [1.29, 1.82) is 5.26 Å². The highest BCUT2D eigenvalue weighted by molar-refractivity contribution is 5.32. The summed E-state index contributed by atoms with van der Waals surface area (Å²) >= 11 is 0. The molecule has 0 N–H and O–H groups in total. The van der Waals surface area contributed by atoms with E-state index in [1.54, 1.807) is 0 Å². The second kappa shape index (κ2) is 8.05. The molecule has 0 heterocycles. The first-order valence-electron chi connectivity index (χ1n) is 5.78. The SMILES string of the molecule is CC.CCCC(C)c1ccc(C#N)cc1. The Kier molecular flexibility index (Phi) is 7.36. The Balaban J connectivity index is 0.000000921. The lowest BCUT2D eigenvalue weighted by molar-refractivity contribution is 0.665. The first-order chi connectivity index (χ1) is 7.27. The molecule has 15 heavy (non-hydrogen) atoms. The molecule has 0 bridgehead atoms. The smallest absolute Gasteiger partial charge is 0.0991 e. The molecule has 0 fully saturated rings. The van der Waals surface area contributed by atoms with E-state index in [4.69, 9.17) is 5.26 Å². The molecule has 0 saturated carbocycles. The van der Waals surface area contributed by atoms with Gasteiger partial charge in [0, 0.05) is 0 Å². The standard InChI is InChI=1S/C12H15N.C2H6/c1-3-4-10(2)12-7-5-11(9-13)6-8-12;1-2/h5-8,10H,3-4H2,1-2H3;1-2H3. The van der Waals surface area contributed by atoms with Crippen molar-refractivity contribution in [1.82, 2.24) is 0 Å². The zero-order chi connectivity index (χ0) is 11.7. The first kappa shape index (κ1) is 13.7. The van der Waals surface area contributed by atoms with Crippen LogP contribution >= 0.6 is 0 Å². The second-order valence-corrected chi connectivity index (χ2v) is 3.42. The minimum absolute atomic E-state index is 0.609. The van der Waals surface area contributed by atoms with Gasteiger partial charge in [0.05, 0.1) is 11.6 Å². The van der Waals surface area contributed by atoms with E-state index in [0.29, 0.717) is 5.92 Å². The third kappa shape index (κ3) is 4.65. The maximum absolute atomic E-state index is 8.62. The summed E-state index contributed by atoms with van der Waals surface area (Å²) in [5, 5.41) is 8.62. The van der Waals surface area contributed by atoms with Gasteiger partial charge >= 0.3 is 0 Å². The summed E-state index contributed by atoms with van der Waals surface area (Å²) in [5.74, 6) is 0.609. The number of rotatable bonds is 3. The van der Waals surface area contributed by atoms with Crippen LogP contribution in [-0.4, -0.2) is 0 Å². The quantitative estimate of drug-likeness (QED) is 0.710. The fourth-order valence-corrected chi connectivity index (χ4v) is 1.49. The van der Waals surface area contributed by atoms with E-state index in [9.17, 15) is 0 Å². The maximum Gasteiger partial charge on any atom is 0.0991 e. The lowest BCUT2D eigenvalue weighted by Gasteiger charge is -2.09. The van der Waals surface area contributed by atoms with Gasteiger partial charge in [-0.15, -0.1) is 0 Å². The van der Waals surface area contributed by atoms with Gasteiger partial charge < -0.3 is 0 Å². The van der Waals surface area contributed by atoms with E-state index in [2.05, 4.69) is 32.0 Å². The summed E-state index contributed by atoms with van der Waals surface area (Å²) in [6, 6.07) is 10.0. The Hall–Kier alpha value is -1.29. The molecule has 0 spiro atoms. The number of benzene rings is 1. The van der Waals surface area contributed by atoms with Crippen molar-refractivity contribution >= 4 is 0 Å². The van der Waals surface area contributed by atoms with Crippen LogP contribution in [0.4, 0.5) is 0 Å². The monoisotopic (exact) mass is 203 g/mol. The van der Waals surface area contributed by atoms with E-state index in [-0.39, 0.29) is 0 Å². The molecule has 0 aliphatic carbocycles. The maximum atomic E-state index is 8.62. The lowest BCUT2D eigenvalue weighted by atomic mass is 9.96. The van der Waals surface area contributed by atoms with Gasteiger partial charge in [-0.3, -0.25) is 0 Å². The highest BCUT2D eigenvalue weighted by Crippen LogP contribution is 2.20. The van der Waals surface area contributed by atoms with E-state index >= 15 is 0 Å². The Bertz CT molecular complexity index is 292. The van der Waals surface area contributed by atoms with E-state index in [1.165, 1.54) is 18.4 Å². The molecule has 0 aromatic heterocycles.